The second-order valence-electron chi connectivity index (χ2n) is 8.54. The average molecular weight is 540 g/mol. The van der Waals surface area contributed by atoms with Crippen molar-refractivity contribution in [2.45, 2.75) is 90.5 Å². The van der Waals surface area contributed by atoms with Gasteiger partial charge in [-0.3, -0.25) is 19.2 Å². The summed E-state index contributed by atoms with van der Waals surface area (Å²) in [6.07, 6.45) is -0.690. The van der Waals surface area contributed by atoms with Crippen molar-refractivity contribution in [2.75, 3.05) is 0 Å². The SMILES string of the molecule is C=CC(=O)CCC(=NC(=O)[C@H](CCC(=O)C=N)[N+](=S)C(=O)CC[C@H](N)C(=O)OC(C)C)C(=O)OC(C)C. The van der Waals surface area contributed by atoms with E-state index in [1.54, 1.807) is 27.7 Å². The van der Waals surface area contributed by atoms with Gasteiger partial charge < -0.3 is 20.6 Å². The van der Waals surface area contributed by atoms with Gasteiger partial charge in [-0.15, -0.1) is 0 Å². The molecule has 13 heteroatoms. The molecule has 0 fully saturated rings. The Kier molecular flexibility index (Phi) is 15.6. The van der Waals surface area contributed by atoms with Gasteiger partial charge >= 0.3 is 23.8 Å². The molecule has 3 N–H and O–H groups in total. The number of allylic oxidation sites excluding steroid dienone is 1. The Labute approximate surface area is 221 Å². The quantitative estimate of drug-likeness (QED) is 0.117. The number of nitrogens with two attached hydrogens (primary N) is 1. The summed E-state index contributed by atoms with van der Waals surface area (Å²) in [6, 6.07) is -2.54. The summed E-state index contributed by atoms with van der Waals surface area (Å²) in [5.74, 6) is -4.38. The predicted molar refractivity (Wildman–Crippen MR) is 136 cm³/mol. The van der Waals surface area contributed by atoms with Crippen LogP contribution >= 0.6 is 0 Å². The summed E-state index contributed by atoms with van der Waals surface area (Å²) in [5, 5.41) is 7.05. The molecule has 0 rings (SSSR count). The Morgan fingerprint density at radius 1 is 0.946 bits per heavy atom. The van der Waals surface area contributed by atoms with Gasteiger partial charge in [0.25, 0.3) is 18.5 Å². The summed E-state index contributed by atoms with van der Waals surface area (Å²) in [7, 11) is 0. The lowest BCUT2D eigenvalue weighted by Gasteiger charge is -2.13. The van der Waals surface area contributed by atoms with Crippen molar-refractivity contribution in [3.8, 4) is 0 Å². The molecule has 0 aromatic carbocycles. The van der Waals surface area contributed by atoms with E-state index < -0.39 is 59.6 Å². The lowest BCUT2D eigenvalue weighted by atomic mass is 10.1. The maximum atomic E-state index is 13.0. The monoisotopic (exact) mass is 539 g/mol. The molecular formula is C24H35N4O8S+. The van der Waals surface area contributed by atoms with Crippen LogP contribution in [0.1, 0.15) is 66.2 Å². The molecule has 0 spiro atoms. The number of esters is 2. The van der Waals surface area contributed by atoms with Crippen LogP contribution in [-0.2, 0) is 50.7 Å². The van der Waals surface area contributed by atoms with Gasteiger partial charge in [0.2, 0.25) is 0 Å². The number of nitrogens with zero attached hydrogens (tertiary/aromatic N) is 2. The van der Waals surface area contributed by atoms with E-state index in [-0.39, 0.29) is 44.2 Å². The minimum Gasteiger partial charge on any atom is -0.462 e. The molecule has 12 nitrogen and oxygen atoms in total. The Balaban J connectivity index is 5.85. The van der Waals surface area contributed by atoms with Crippen molar-refractivity contribution in [1.29, 1.82) is 5.41 Å². The first kappa shape index (κ1) is 33.7. The van der Waals surface area contributed by atoms with Crippen LogP contribution in [-0.4, -0.2) is 75.5 Å². The van der Waals surface area contributed by atoms with E-state index in [1.165, 1.54) is 0 Å². The molecule has 0 unspecified atom stereocenters. The summed E-state index contributed by atoms with van der Waals surface area (Å²) in [5.41, 5.74) is 5.40. The molecule has 204 valence electrons. The van der Waals surface area contributed by atoms with Crippen molar-refractivity contribution >= 4 is 59.7 Å². The van der Waals surface area contributed by atoms with Gasteiger partial charge in [0.1, 0.15) is 11.8 Å². The molecule has 0 aliphatic rings. The fourth-order valence-electron chi connectivity index (χ4n) is 2.73. The Morgan fingerprint density at radius 3 is 2.05 bits per heavy atom. The number of Topliss-reactive ketones (excluding diaryl/α,β-unsaturated/α-hetero) is 1. The maximum Gasteiger partial charge on any atom is 0.401 e. The highest BCUT2D eigenvalue weighted by Gasteiger charge is 2.36. The lowest BCUT2D eigenvalue weighted by molar-refractivity contribution is -0.449. The number of ether oxygens (including phenoxy) is 2. The normalized spacial score (nSPS) is 12.9. The summed E-state index contributed by atoms with van der Waals surface area (Å²) >= 11 is 5.13. The van der Waals surface area contributed by atoms with Gasteiger partial charge in [0, 0.05) is 25.7 Å². The first-order valence-corrected chi connectivity index (χ1v) is 12.1. The third kappa shape index (κ3) is 13.5. The third-order valence-corrected chi connectivity index (χ3v) is 5.08. The zero-order valence-electron chi connectivity index (χ0n) is 21.6. The van der Waals surface area contributed by atoms with Gasteiger partial charge in [-0.2, -0.15) is 0 Å². The summed E-state index contributed by atoms with van der Waals surface area (Å²) in [4.78, 5) is 77.2. The summed E-state index contributed by atoms with van der Waals surface area (Å²) < 4.78 is 10.7. The predicted octanol–water partition coefficient (Wildman–Crippen LogP) is 1.14. The topological polar surface area (TPSA) is 186 Å². The largest absolute Gasteiger partial charge is 0.462 e. The van der Waals surface area contributed by atoms with E-state index in [1.807, 2.05) is 0 Å². The van der Waals surface area contributed by atoms with Gasteiger partial charge in [-0.1, -0.05) is 10.5 Å². The molecule has 0 aromatic rings. The molecule has 2 amide bonds. The molecular weight excluding hydrogens is 504 g/mol. The van der Waals surface area contributed by atoms with E-state index >= 15 is 0 Å². The Morgan fingerprint density at radius 2 is 1.54 bits per heavy atom. The van der Waals surface area contributed by atoms with E-state index in [0.29, 0.717) is 10.2 Å². The average Bonchev–Trinajstić information content (AvgIpc) is 2.83. The van der Waals surface area contributed by atoms with E-state index in [2.05, 4.69) is 11.6 Å². The second-order valence-corrected chi connectivity index (χ2v) is 8.93. The number of hydrogen-bond acceptors (Lipinski definition) is 11. The van der Waals surface area contributed by atoms with Gasteiger partial charge in [0.05, 0.1) is 24.8 Å². The molecule has 0 saturated carbocycles. The molecule has 0 aliphatic carbocycles. The van der Waals surface area contributed by atoms with Crippen LogP contribution in [0, 0.1) is 5.41 Å². The fourth-order valence-corrected chi connectivity index (χ4v) is 3.02. The zero-order valence-corrected chi connectivity index (χ0v) is 22.4. The molecule has 0 saturated heterocycles. The van der Waals surface area contributed by atoms with Gasteiger partial charge in [-0.25, -0.2) is 14.6 Å². The minimum atomic E-state index is -1.44. The number of carbonyl (C=O) groups excluding carboxylic acids is 6. The molecule has 0 heterocycles. The number of carbonyl (C=O) groups is 6. The number of hydrogen-bond donors (Lipinski definition) is 2. The van der Waals surface area contributed by atoms with Crippen LogP contribution in [0.5, 0.6) is 0 Å². The Bertz CT molecular complexity index is 958. The smallest absolute Gasteiger partial charge is 0.401 e. The zero-order chi connectivity index (χ0) is 28.7. The number of amides is 2. The van der Waals surface area contributed by atoms with Crippen molar-refractivity contribution in [3.63, 3.8) is 0 Å². The van der Waals surface area contributed by atoms with Crippen LogP contribution in [0.15, 0.2) is 17.6 Å². The number of nitrogens with one attached hydrogen (secondary N) is 1. The highest BCUT2D eigenvalue weighted by atomic mass is 32.1. The van der Waals surface area contributed by atoms with Crippen LogP contribution in [0.4, 0.5) is 0 Å². The highest BCUT2D eigenvalue weighted by Crippen LogP contribution is 2.11. The molecule has 0 radical (unpaired) electrons. The van der Waals surface area contributed by atoms with Crippen LogP contribution < -0.4 is 5.73 Å². The van der Waals surface area contributed by atoms with Crippen molar-refractivity contribution in [1.82, 2.24) is 0 Å². The highest BCUT2D eigenvalue weighted by molar-refractivity contribution is 7.44. The van der Waals surface area contributed by atoms with Crippen molar-refractivity contribution in [2.24, 2.45) is 10.7 Å². The van der Waals surface area contributed by atoms with Gasteiger partial charge in [-0.05, 0) is 40.2 Å². The second kappa shape index (κ2) is 17.2. The van der Waals surface area contributed by atoms with Crippen molar-refractivity contribution < 1.29 is 42.2 Å². The van der Waals surface area contributed by atoms with E-state index in [9.17, 15) is 28.8 Å². The third-order valence-electron chi connectivity index (χ3n) is 4.62. The Hall–Kier alpha value is -3.32. The van der Waals surface area contributed by atoms with E-state index in [0.717, 1.165) is 6.08 Å². The van der Waals surface area contributed by atoms with Gasteiger partial charge in [0.15, 0.2) is 11.6 Å². The van der Waals surface area contributed by atoms with Crippen molar-refractivity contribution in [3.05, 3.63) is 12.7 Å². The minimum absolute atomic E-state index is 0.114. The maximum absolute atomic E-state index is 13.0. The van der Waals surface area contributed by atoms with Crippen LogP contribution in [0.3, 0.4) is 0 Å². The molecule has 2 atom stereocenters. The first-order valence-electron chi connectivity index (χ1n) is 11.7. The fraction of sp³-hybridized carbons (Fsp3) is 0.583. The van der Waals surface area contributed by atoms with Crippen LogP contribution in [0.2, 0.25) is 0 Å². The molecule has 0 bridgehead atoms. The molecule has 0 aliphatic heterocycles. The lowest BCUT2D eigenvalue weighted by Crippen LogP contribution is -2.39. The molecule has 37 heavy (non-hydrogen) atoms. The number of aliphatic imine (C=N–C) groups is 1. The van der Waals surface area contributed by atoms with Crippen LogP contribution in [0.25, 0.3) is 0 Å². The first-order chi connectivity index (χ1) is 17.2. The standard InChI is InChI=1S/C24H35N4O8S/c1-6-16(29)7-10-19(24(34)36-15(4)5)27-22(32)20(11-8-17(30)13-25)28(37)21(31)12-9-18(26)23(33)35-14(2)3/h6,13-15,18,20,25H,1,7-12,26H2,2-5H3/q+1/t18-,20-/m0/s1. The summed E-state index contributed by atoms with van der Waals surface area (Å²) in [6.45, 7) is 9.81. The van der Waals surface area contributed by atoms with E-state index in [4.69, 9.17) is 33.0 Å². The number of rotatable bonds is 17. The number of ketones is 2. The molecule has 0 aromatic heterocycles.